The van der Waals surface area contributed by atoms with Crippen molar-refractivity contribution in [2.75, 3.05) is 0 Å². The third-order valence-electron chi connectivity index (χ3n) is 6.36. The van der Waals surface area contributed by atoms with Gasteiger partial charge in [-0.05, 0) is 69.3 Å². The van der Waals surface area contributed by atoms with Crippen LogP contribution in [0.1, 0.15) is 51.0 Å². The smallest absolute Gasteiger partial charge is 0.331 e. The van der Waals surface area contributed by atoms with Gasteiger partial charge >= 0.3 is 5.97 Å². The normalized spacial score (nSPS) is 34.4. The van der Waals surface area contributed by atoms with Crippen molar-refractivity contribution < 1.29 is 14.3 Å². The zero-order chi connectivity index (χ0) is 17.6. The van der Waals surface area contributed by atoms with Gasteiger partial charge in [-0.3, -0.25) is 9.48 Å². The van der Waals surface area contributed by atoms with E-state index in [-0.39, 0.29) is 11.2 Å². The molecule has 134 valence electrons. The molecule has 5 nitrogen and oxygen atoms in total. The van der Waals surface area contributed by atoms with Crippen LogP contribution in [-0.4, -0.2) is 27.6 Å². The molecule has 0 saturated heterocycles. The quantitative estimate of drug-likeness (QED) is 0.609. The Balaban J connectivity index is 1.39. The summed E-state index contributed by atoms with van der Waals surface area (Å²) in [7, 11) is 1.82. The Hall–Kier alpha value is -1.91. The largest absolute Gasteiger partial charge is 0.451 e. The molecule has 4 bridgehead atoms. The molecule has 5 heteroatoms. The van der Waals surface area contributed by atoms with Crippen molar-refractivity contribution in [2.24, 2.45) is 30.2 Å². The van der Waals surface area contributed by atoms with Gasteiger partial charge in [0, 0.05) is 30.3 Å². The van der Waals surface area contributed by atoms with Gasteiger partial charge in [0.25, 0.3) is 0 Å². The molecule has 0 amide bonds. The number of esters is 1. The number of nitrogens with zero attached hydrogens (tertiary/aromatic N) is 2. The average Bonchev–Trinajstić information content (AvgIpc) is 2.96. The van der Waals surface area contributed by atoms with E-state index in [4.69, 9.17) is 4.74 Å². The minimum absolute atomic E-state index is 0.148. The van der Waals surface area contributed by atoms with E-state index in [1.54, 1.807) is 23.9 Å². The van der Waals surface area contributed by atoms with Gasteiger partial charge in [0.1, 0.15) is 0 Å². The van der Waals surface area contributed by atoms with Crippen molar-refractivity contribution in [2.45, 2.75) is 51.6 Å². The van der Waals surface area contributed by atoms with Crippen molar-refractivity contribution in [3.05, 3.63) is 24.0 Å². The first-order valence-corrected chi connectivity index (χ1v) is 9.35. The molecule has 1 atom stereocenters. The number of aryl methyl sites for hydroxylation is 1. The summed E-state index contributed by atoms with van der Waals surface area (Å²) in [4.78, 5) is 25.2. The van der Waals surface area contributed by atoms with Crippen molar-refractivity contribution in [3.8, 4) is 0 Å². The molecule has 0 aliphatic heterocycles. The lowest BCUT2D eigenvalue weighted by Crippen LogP contribution is -2.52. The van der Waals surface area contributed by atoms with Crippen LogP contribution >= 0.6 is 0 Å². The Morgan fingerprint density at radius 1 is 1.24 bits per heavy atom. The van der Waals surface area contributed by atoms with Crippen LogP contribution in [0.15, 0.2) is 18.5 Å². The summed E-state index contributed by atoms with van der Waals surface area (Å²) >= 11 is 0. The van der Waals surface area contributed by atoms with E-state index in [9.17, 15) is 9.59 Å². The van der Waals surface area contributed by atoms with Crippen LogP contribution in [0.2, 0.25) is 0 Å². The zero-order valence-electron chi connectivity index (χ0n) is 15.0. The maximum atomic E-state index is 13.1. The van der Waals surface area contributed by atoms with E-state index >= 15 is 0 Å². The fourth-order valence-electron chi connectivity index (χ4n) is 5.80. The molecule has 25 heavy (non-hydrogen) atoms. The SMILES string of the molecule is C[C@H](OC(=O)/C=C\c1cnn(C)c1)C(=O)C12CC3CC(CC(C3)C1)C2. The monoisotopic (exact) mass is 342 g/mol. The molecule has 1 heterocycles. The Morgan fingerprint density at radius 2 is 1.84 bits per heavy atom. The number of hydrogen-bond acceptors (Lipinski definition) is 4. The molecule has 4 aliphatic carbocycles. The molecular weight excluding hydrogens is 316 g/mol. The van der Waals surface area contributed by atoms with Gasteiger partial charge in [0.15, 0.2) is 11.9 Å². The Morgan fingerprint density at radius 3 is 2.36 bits per heavy atom. The van der Waals surface area contributed by atoms with Gasteiger partial charge in [0.05, 0.1) is 6.20 Å². The first-order chi connectivity index (χ1) is 11.9. The highest BCUT2D eigenvalue weighted by Crippen LogP contribution is 2.60. The van der Waals surface area contributed by atoms with Gasteiger partial charge in [-0.2, -0.15) is 5.10 Å². The van der Waals surface area contributed by atoms with E-state index in [1.807, 2.05) is 13.2 Å². The number of carbonyl (C=O) groups is 2. The van der Waals surface area contributed by atoms with Crippen molar-refractivity contribution in [1.29, 1.82) is 0 Å². The number of carbonyl (C=O) groups excluding carboxylic acids is 2. The summed E-state index contributed by atoms with van der Waals surface area (Å²) in [5.74, 6) is 1.82. The third-order valence-corrected chi connectivity index (χ3v) is 6.36. The predicted octanol–water partition coefficient (Wildman–Crippen LogP) is 3.15. The molecule has 0 spiro atoms. The van der Waals surface area contributed by atoms with Crippen LogP contribution in [0.3, 0.4) is 0 Å². The molecule has 0 N–H and O–H groups in total. The van der Waals surface area contributed by atoms with E-state index in [2.05, 4.69) is 5.10 Å². The third kappa shape index (κ3) is 3.16. The second kappa shape index (κ2) is 6.11. The summed E-state index contributed by atoms with van der Waals surface area (Å²) in [5.41, 5.74) is 0.612. The second-order valence-corrected chi connectivity index (χ2v) is 8.42. The average molecular weight is 342 g/mol. The number of aromatic nitrogens is 2. The highest BCUT2D eigenvalue weighted by Gasteiger charge is 2.55. The standard InChI is InChI=1S/C20H26N2O3/c1-13(25-18(23)4-3-14-11-21-22(2)12-14)19(24)20-8-15-5-16(9-20)7-17(6-15)10-20/h3-4,11-13,15-17H,5-10H2,1-2H3/b4-3-/t13-,15?,16?,17?,20?/m0/s1. The highest BCUT2D eigenvalue weighted by atomic mass is 16.5. The van der Waals surface area contributed by atoms with Gasteiger partial charge in [-0.1, -0.05) is 0 Å². The first-order valence-electron chi connectivity index (χ1n) is 9.35. The Bertz CT molecular complexity index is 683. The van der Waals surface area contributed by atoms with E-state index in [1.165, 1.54) is 25.3 Å². The Labute approximate surface area is 148 Å². The molecule has 0 aromatic carbocycles. The maximum absolute atomic E-state index is 13.1. The van der Waals surface area contributed by atoms with Gasteiger partial charge in [-0.15, -0.1) is 0 Å². The highest BCUT2D eigenvalue weighted by molar-refractivity contribution is 5.93. The van der Waals surface area contributed by atoms with Crippen LogP contribution in [0.4, 0.5) is 0 Å². The number of rotatable bonds is 5. The van der Waals surface area contributed by atoms with Crippen LogP contribution in [-0.2, 0) is 21.4 Å². The fourth-order valence-corrected chi connectivity index (χ4v) is 5.80. The predicted molar refractivity (Wildman–Crippen MR) is 93.4 cm³/mol. The van der Waals surface area contributed by atoms with E-state index in [0.717, 1.165) is 24.8 Å². The summed E-state index contributed by atoms with van der Waals surface area (Å²) in [5, 5.41) is 4.05. The second-order valence-electron chi connectivity index (χ2n) is 8.42. The minimum Gasteiger partial charge on any atom is -0.451 e. The molecule has 0 unspecified atom stereocenters. The molecule has 1 aromatic rings. The number of ether oxygens (including phenoxy) is 1. The van der Waals surface area contributed by atoms with Crippen molar-refractivity contribution >= 4 is 17.8 Å². The van der Waals surface area contributed by atoms with E-state index in [0.29, 0.717) is 17.8 Å². The summed E-state index contributed by atoms with van der Waals surface area (Å²) in [6.07, 6.45) is 12.8. The first kappa shape index (κ1) is 16.6. The van der Waals surface area contributed by atoms with Gasteiger partial charge in [0.2, 0.25) is 0 Å². The molecule has 4 aliphatic rings. The number of ketones is 1. The molecule has 4 saturated carbocycles. The van der Waals surface area contributed by atoms with Crippen molar-refractivity contribution in [1.82, 2.24) is 9.78 Å². The molecule has 4 fully saturated rings. The molecule has 0 radical (unpaired) electrons. The van der Waals surface area contributed by atoms with Crippen LogP contribution in [0.5, 0.6) is 0 Å². The lowest BCUT2D eigenvalue weighted by Gasteiger charge is -2.56. The topological polar surface area (TPSA) is 61.2 Å². The van der Waals surface area contributed by atoms with E-state index < -0.39 is 12.1 Å². The van der Waals surface area contributed by atoms with Crippen molar-refractivity contribution in [3.63, 3.8) is 0 Å². The molecule has 5 rings (SSSR count). The number of hydrogen-bond donors (Lipinski definition) is 0. The van der Waals surface area contributed by atoms with Gasteiger partial charge in [-0.25, -0.2) is 4.79 Å². The Kier molecular flexibility index (Phi) is 4.05. The van der Waals surface area contributed by atoms with Crippen LogP contribution in [0.25, 0.3) is 6.08 Å². The van der Waals surface area contributed by atoms with Gasteiger partial charge < -0.3 is 4.74 Å². The maximum Gasteiger partial charge on any atom is 0.331 e. The summed E-state index contributed by atoms with van der Waals surface area (Å²) in [6.45, 7) is 1.73. The zero-order valence-corrected chi connectivity index (χ0v) is 15.0. The number of Topliss-reactive ketones (excluding diaryl/α,β-unsaturated/α-hetero) is 1. The minimum atomic E-state index is -0.665. The van der Waals surface area contributed by atoms with Crippen LogP contribution in [0, 0.1) is 23.2 Å². The fraction of sp³-hybridized carbons (Fsp3) is 0.650. The summed E-state index contributed by atoms with van der Waals surface area (Å²) in [6, 6.07) is 0. The van der Waals surface area contributed by atoms with Crippen LogP contribution < -0.4 is 0 Å². The lowest BCUT2D eigenvalue weighted by atomic mass is 9.48. The molecule has 1 aromatic heterocycles. The molecular formula is C20H26N2O3. The lowest BCUT2D eigenvalue weighted by molar-refractivity contribution is -0.162. The summed E-state index contributed by atoms with van der Waals surface area (Å²) < 4.78 is 7.10.